The third-order valence-corrected chi connectivity index (χ3v) is 4.49. The summed E-state index contributed by atoms with van der Waals surface area (Å²) in [4.78, 5) is 31.0. The van der Waals surface area contributed by atoms with Crippen molar-refractivity contribution >= 4 is 22.8 Å². The number of aromatic nitrogens is 2. The van der Waals surface area contributed by atoms with E-state index in [0.717, 1.165) is 22.9 Å². The van der Waals surface area contributed by atoms with Crippen LogP contribution in [0.25, 0.3) is 10.9 Å². The van der Waals surface area contributed by atoms with Crippen LogP contribution in [0, 0.1) is 23.3 Å². The first kappa shape index (κ1) is 21.3. The number of fused-ring (bicyclic) bond motifs is 1. The molecule has 0 aliphatic heterocycles. The van der Waals surface area contributed by atoms with Gasteiger partial charge in [0, 0.05) is 31.3 Å². The number of rotatable bonds is 5. The van der Waals surface area contributed by atoms with Crippen molar-refractivity contribution in [3.63, 3.8) is 0 Å². The molecule has 0 unspecified atom stereocenters. The third-order valence-electron chi connectivity index (χ3n) is 4.49. The molecular weight excluding hydrogens is 404 g/mol. The number of halogens is 4. The number of carbonyl (C=O) groups is 1. The lowest BCUT2D eigenvalue weighted by atomic mass is 10.1. The number of nitrogens with zero attached hydrogens (tertiary/aromatic N) is 3. The van der Waals surface area contributed by atoms with Crippen LogP contribution in [-0.4, -0.2) is 28.7 Å². The van der Waals surface area contributed by atoms with E-state index >= 15 is 0 Å². The first-order valence-electron chi connectivity index (χ1n) is 8.96. The van der Waals surface area contributed by atoms with Crippen LogP contribution in [0.4, 0.5) is 23.5 Å². The summed E-state index contributed by atoms with van der Waals surface area (Å²) in [6.45, 7) is 3.56. The molecule has 10 heteroatoms. The summed E-state index contributed by atoms with van der Waals surface area (Å²) in [7, 11) is 1.58. The van der Waals surface area contributed by atoms with Crippen molar-refractivity contribution < 1.29 is 22.4 Å². The number of amides is 1. The Hall–Kier alpha value is -3.43. The van der Waals surface area contributed by atoms with E-state index in [2.05, 4.69) is 10.4 Å². The maximum atomic E-state index is 14.2. The molecule has 1 N–H and O–H groups in total. The van der Waals surface area contributed by atoms with Crippen molar-refractivity contribution in [1.82, 2.24) is 9.66 Å². The van der Waals surface area contributed by atoms with Crippen LogP contribution in [0.3, 0.4) is 0 Å². The topological polar surface area (TPSA) is 67.2 Å². The van der Waals surface area contributed by atoms with Crippen molar-refractivity contribution in [2.75, 3.05) is 17.4 Å². The van der Waals surface area contributed by atoms with E-state index < -0.39 is 46.5 Å². The fourth-order valence-electron chi connectivity index (χ4n) is 2.85. The van der Waals surface area contributed by atoms with Gasteiger partial charge in [0.2, 0.25) is 11.9 Å². The number of hydrogen-bond donors (Lipinski definition) is 1. The summed E-state index contributed by atoms with van der Waals surface area (Å²) in [5, 5.41) is -0.505. The highest BCUT2D eigenvalue weighted by atomic mass is 19.1. The average Bonchev–Trinajstić information content (AvgIpc) is 2.61. The molecule has 30 heavy (non-hydrogen) atoms. The summed E-state index contributed by atoms with van der Waals surface area (Å²) in [6.07, 6.45) is -0.449. The van der Waals surface area contributed by atoms with Gasteiger partial charge in [-0.3, -0.25) is 15.0 Å². The number of hydrogen-bond acceptors (Lipinski definition) is 4. The minimum absolute atomic E-state index is 0.0406. The van der Waals surface area contributed by atoms with Crippen LogP contribution in [0.2, 0.25) is 0 Å². The van der Waals surface area contributed by atoms with Gasteiger partial charge in [-0.05, 0) is 31.5 Å². The Kier molecular flexibility index (Phi) is 5.77. The molecule has 0 spiro atoms. The maximum Gasteiger partial charge on any atom is 0.284 e. The average molecular weight is 422 g/mol. The second kappa shape index (κ2) is 8.13. The molecule has 1 heterocycles. The molecule has 2 aromatic carbocycles. The molecule has 3 aromatic rings. The van der Waals surface area contributed by atoms with Gasteiger partial charge in [-0.2, -0.15) is 4.68 Å². The van der Waals surface area contributed by atoms with E-state index in [1.807, 2.05) is 0 Å². The second-order valence-corrected chi connectivity index (χ2v) is 7.03. The van der Waals surface area contributed by atoms with Crippen LogP contribution in [0.5, 0.6) is 0 Å². The van der Waals surface area contributed by atoms with Gasteiger partial charge in [0.1, 0.15) is 28.7 Å². The quantitative estimate of drug-likeness (QED) is 0.642. The molecule has 0 radical (unpaired) electrons. The SMILES string of the molecule is CC(C)N(C)c1nc2cc(F)cc(F)c2c(=O)n1NC(=O)Cc1cc(F)cc(F)c1. The second-order valence-electron chi connectivity index (χ2n) is 7.03. The van der Waals surface area contributed by atoms with Gasteiger partial charge >= 0.3 is 0 Å². The van der Waals surface area contributed by atoms with E-state index in [-0.39, 0.29) is 23.1 Å². The third kappa shape index (κ3) is 4.27. The standard InChI is InChI=1S/C20H18F4N4O2/c1-10(2)27(3)20-25-16-9-14(23)8-15(24)18(16)19(30)28(20)26-17(29)6-11-4-12(21)7-13(22)5-11/h4-5,7-10H,6H2,1-3H3,(H,26,29). The van der Waals surface area contributed by atoms with Gasteiger partial charge in [-0.1, -0.05) is 0 Å². The Morgan fingerprint density at radius 2 is 1.67 bits per heavy atom. The van der Waals surface area contributed by atoms with E-state index in [1.54, 1.807) is 20.9 Å². The van der Waals surface area contributed by atoms with E-state index in [9.17, 15) is 27.2 Å². The molecule has 6 nitrogen and oxygen atoms in total. The lowest BCUT2D eigenvalue weighted by Gasteiger charge is -2.26. The molecule has 0 aliphatic rings. The molecule has 0 fully saturated rings. The largest absolute Gasteiger partial charge is 0.341 e. The Bertz CT molecular complexity index is 1170. The molecule has 0 saturated carbocycles. The Morgan fingerprint density at radius 1 is 1.07 bits per heavy atom. The van der Waals surface area contributed by atoms with Crippen LogP contribution < -0.4 is 15.9 Å². The van der Waals surface area contributed by atoms with Crippen molar-refractivity contribution in [2.24, 2.45) is 0 Å². The van der Waals surface area contributed by atoms with Crippen molar-refractivity contribution in [1.29, 1.82) is 0 Å². The van der Waals surface area contributed by atoms with Crippen LogP contribution in [-0.2, 0) is 11.2 Å². The Morgan fingerprint density at radius 3 is 2.27 bits per heavy atom. The molecule has 0 aliphatic carbocycles. The maximum absolute atomic E-state index is 14.2. The highest BCUT2D eigenvalue weighted by Crippen LogP contribution is 2.19. The summed E-state index contributed by atoms with van der Waals surface area (Å²) in [5.74, 6) is -4.59. The van der Waals surface area contributed by atoms with E-state index in [1.165, 1.54) is 4.90 Å². The predicted octanol–water partition coefficient (Wildman–Crippen LogP) is 3.11. The zero-order valence-electron chi connectivity index (χ0n) is 16.3. The molecule has 1 amide bonds. The fraction of sp³-hybridized carbons (Fsp3) is 0.250. The molecule has 158 valence electrons. The molecule has 0 atom stereocenters. The minimum atomic E-state index is -1.13. The number of benzene rings is 2. The smallest absolute Gasteiger partial charge is 0.284 e. The predicted molar refractivity (Wildman–Crippen MR) is 104 cm³/mol. The van der Waals surface area contributed by atoms with Crippen LogP contribution in [0.15, 0.2) is 35.1 Å². The Balaban J connectivity index is 2.08. The lowest BCUT2D eigenvalue weighted by molar-refractivity contribution is -0.116. The van der Waals surface area contributed by atoms with Gasteiger partial charge in [0.05, 0.1) is 11.9 Å². The summed E-state index contributed by atoms with van der Waals surface area (Å²) < 4.78 is 55.3. The van der Waals surface area contributed by atoms with Crippen molar-refractivity contribution in [3.05, 3.63) is 69.5 Å². The number of carbonyl (C=O) groups excluding carboxylic acids is 1. The highest BCUT2D eigenvalue weighted by Gasteiger charge is 2.21. The van der Waals surface area contributed by atoms with Gasteiger partial charge < -0.3 is 4.90 Å². The van der Waals surface area contributed by atoms with E-state index in [4.69, 9.17) is 0 Å². The highest BCUT2D eigenvalue weighted by molar-refractivity contribution is 5.87. The molecule has 0 bridgehead atoms. The lowest BCUT2D eigenvalue weighted by Crippen LogP contribution is -2.41. The first-order chi connectivity index (χ1) is 14.1. The van der Waals surface area contributed by atoms with Crippen molar-refractivity contribution in [3.8, 4) is 0 Å². The molecule has 1 aromatic heterocycles. The van der Waals surface area contributed by atoms with Crippen LogP contribution >= 0.6 is 0 Å². The number of anilines is 1. The van der Waals surface area contributed by atoms with Crippen molar-refractivity contribution in [2.45, 2.75) is 26.3 Å². The monoisotopic (exact) mass is 422 g/mol. The van der Waals surface area contributed by atoms with E-state index in [0.29, 0.717) is 12.1 Å². The van der Waals surface area contributed by atoms with Gasteiger partial charge in [0.25, 0.3) is 5.56 Å². The van der Waals surface area contributed by atoms with Gasteiger partial charge in [-0.15, -0.1) is 0 Å². The molecule has 3 rings (SSSR count). The van der Waals surface area contributed by atoms with Gasteiger partial charge in [0.15, 0.2) is 0 Å². The van der Waals surface area contributed by atoms with Gasteiger partial charge in [-0.25, -0.2) is 22.5 Å². The molecule has 0 saturated heterocycles. The summed E-state index contributed by atoms with van der Waals surface area (Å²) in [5.41, 5.74) is 1.16. The summed E-state index contributed by atoms with van der Waals surface area (Å²) >= 11 is 0. The summed E-state index contributed by atoms with van der Waals surface area (Å²) in [6, 6.07) is 3.89. The number of nitrogens with one attached hydrogen (secondary N) is 1. The zero-order valence-corrected chi connectivity index (χ0v) is 16.3. The molecular formula is C20H18F4N4O2. The fourth-order valence-corrected chi connectivity index (χ4v) is 2.85. The van der Waals surface area contributed by atoms with Crippen LogP contribution in [0.1, 0.15) is 19.4 Å². The Labute approximate surface area is 168 Å². The zero-order chi connectivity index (χ0) is 22.2. The minimum Gasteiger partial charge on any atom is -0.341 e. The first-order valence-corrected chi connectivity index (χ1v) is 8.96. The normalized spacial score (nSPS) is 11.2.